The van der Waals surface area contributed by atoms with Gasteiger partial charge >= 0.3 is 0 Å². The van der Waals surface area contributed by atoms with Crippen LogP contribution in [0.1, 0.15) is 24.2 Å². The normalized spacial score (nSPS) is 16.2. The summed E-state index contributed by atoms with van der Waals surface area (Å²) < 4.78 is 2.20. The lowest BCUT2D eigenvalue weighted by atomic mass is 10.0. The molecular weight excluding hydrogens is 272 g/mol. The zero-order chi connectivity index (χ0) is 15.4. The van der Waals surface area contributed by atoms with Gasteiger partial charge in [-0.3, -0.25) is 0 Å². The van der Waals surface area contributed by atoms with E-state index < -0.39 is 0 Å². The molecule has 0 spiro atoms. The standard InChI is InChI=1S/C18H26N4/c1-15-3-5-18(6-4-15)22-11-7-17(8-12-22)20-10-14-21-13-9-19-16(21)2/h3-6,9,13,17,20H,7-8,10-12,14H2,1-2H3. The molecule has 1 aliphatic heterocycles. The minimum atomic E-state index is 0.644. The van der Waals surface area contributed by atoms with Crippen molar-refractivity contribution >= 4 is 5.69 Å². The monoisotopic (exact) mass is 298 g/mol. The molecule has 22 heavy (non-hydrogen) atoms. The average molecular weight is 298 g/mol. The van der Waals surface area contributed by atoms with E-state index in [-0.39, 0.29) is 0 Å². The quantitative estimate of drug-likeness (QED) is 0.921. The third-order valence-corrected chi connectivity index (χ3v) is 4.60. The van der Waals surface area contributed by atoms with Gasteiger partial charge in [-0.25, -0.2) is 4.98 Å². The van der Waals surface area contributed by atoms with Crippen molar-refractivity contribution in [3.05, 3.63) is 48.0 Å². The molecule has 1 N–H and O–H groups in total. The van der Waals surface area contributed by atoms with Crippen LogP contribution in [0, 0.1) is 13.8 Å². The van der Waals surface area contributed by atoms with Crippen molar-refractivity contribution < 1.29 is 0 Å². The van der Waals surface area contributed by atoms with Crippen LogP contribution < -0.4 is 10.2 Å². The van der Waals surface area contributed by atoms with Crippen LogP contribution >= 0.6 is 0 Å². The second-order valence-electron chi connectivity index (χ2n) is 6.22. The van der Waals surface area contributed by atoms with E-state index in [9.17, 15) is 0 Å². The van der Waals surface area contributed by atoms with Crippen LogP contribution in [-0.2, 0) is 6.54 Å². The Morgan fingerprint density at radius 3 is 2.50 bits per heavy atom. The molecule has 1 aromatic carbocycles. The predicted molar refractivity (Wildman–Crippen MR) is 91.4 cm³/mol. The van der Waals surface area contributed by atoms with Crippen molar-refractivity contribution in [1.82, 2.24) is 14.9 Å². The van der Waals surface area contributed by atoms with Crippen LogP contribution in [0.15, 0.2) is 36.7 Å². The summed E-state index contributed by atoms with van der Waals surface area (Å²) in [6.45, 7) is 8.51. The van der Waals surface area contributed by atoms with Crippen molar-refractivity contribution in [1.29, 1.82) is 0 Å². The highest BCUT2D eigenvalue weighted by molar-refractivity contribution is 5.47. The van der Waals surface area contributed by atoms with Gasteiger partial charge in [-0.05, 0) is 38.8 Å². The van der Waals surface area contributed by atoms with Gasteiger partial charge in [0.2, 0.25) is 0 Å². The Morgan fingerprint density at radius 2 is 1.86 bits per heavy atom. The molecule has 1 aliphatic rings. The first-order valence-corrected chi connectivity index (χ1v) is 8.25. The third-order valence-electron chi connectivity index (χ3n) is 4.60. The zero-order valence-electron chi connectivity index (χ0n) is 13.6. The molecule has 0 aliphatic carbocycles. The summed E-state index contributed by atoms with van der Waals surface area (Å²) >= 11 is 0. The first kappa shape index (κ1) is 15.1. The summed E-state index contributed by atoms with van der Waals surface area (Å²) in [7, 11) is 0. The molecular formula is C18H26N4. The van der Waals surface area contributed by atoms with E-state index in [0.29, 0.717) is 6.04 Å². The molecule has 1 fully saturated rings. The molecule has 0 atom stereocenters. The summed E-state index contributed by atoms with van der Waals surface area (Å²) in [6, 6.07) is 9.53. The minimum Gasteiger partial charge on any atom is -0.371 e. The number of hydrogen-bond acceptors (Lipinski definition) is 3. The number of piperidine rings is 1. The summed E-state index contributed by atoms with van der Waals surface area (Å²) in [5, 5.41) is 3.69. The molecule has 0 amide bonds. The number of aryl methyl sites for hydroxylation is 2. The number of rotatable bonds is 5. The molecule has 0 unspecified atom stereocenters. The van der Waals surface area contributed by atoms with Crippen molar-refractivity contribution in [2.75, 3.05) is 24.5 Å². The number of aromatic nitrogens is 2. The van der Waals surface area contributed by atoms with Crippen molar-refractivity contribution in [3.8, 4) is 0 Å². The second-order valence-corrected chi connectivity index (χ2v) is 6.22. The van der Waals surface area contributed by atoms with Gasteiger partial charge < -0.3 is 14.8 Å². The maximum Gasteiger partial charge on any atom is 0.105 e. The van der Waals surface area contributed by atoms with Gasteiger partial charge in [0.25, 0.3) is 0 Å². The number of nitrogens with zero attached hydrogens (tertiary/aromatic N) is 3. The lowest BCUT2D eigenvalue weighted by molar-refractivity contribution is 0.405. The highest BCUT2D eigenvalue weighted by Gasteiger charge is 2.18. The summed E-state index contributed by atoms with van der Waals surface area (Å²) in [4.78, 5) is 6.76. The third kappa shape index (κ3) is 3.69. The molecule has 1 saturated heterocycles. The molecule has 118 valence electrons. The summed E-state index contributed by atoms with van der Waals surface area (Å²) in [6.07, 6.45) is 6.36. The molecule has 3 rings (SSSR count). The van der Waals surface area contributed by atoms with E-state index in [1.165, 1.54) is 24.1 Å². The Balaban J connectivity index is 1.42. The largest absolute Gasteiger partial charge is 0.371 e. The van der Waals surface area contributed by atoms with Gasteiger partial charge in [0.15, 0.2) is 0 Å². The Labute approximate surface area is 133 Å². The van der Waals surface area contributed by atoms with Gasteiger partial charge in [0, 0.05) is 50.3 Å². The molecule has 4 nitrogen and oxygen atoms in total. The van der Waals surface area contributed by atoms with Crippen LogP contribution in [0.25, 0.3) is 0 Å². The second kappa shape index (κ2) is 6.97. The van der Waals surface area contributed by atoms with Crippen LogP contribution in [0.2, 0.25) is 0 Å². The fraction of sp³-hybridized carbons (Fsp3) is 0.500. The highest BCUT2D eigenvalue weighted by Crippen LogP contribution is 2.20. The molecule has 2 heterocycles. The number of imidazole rings is 1. The van der Waals surface area contributed by atoms with Crippen LogP contribution in [-0.4, -0.2) is 35.2 Å². The Kier molecular flexibility index (Phi) is 4.78. The van der Waals surface area contributed by atoms with E-state index in [2.05, 4.69) is 64.1 Å². The van der Waals surface area contributed by atoms with Gasteiger partial charge in [0.05, 0.1) is 0 Å². The topological polar surface area (TPSA) is 33.1 Å². The van der Waals surface area contributed by atoms with E-state index in [4.69, 9.17) is 0 Å². The zero-order valence-corrected chi connectivity index (χ0v) is 13.6. The average Bonchev–Trinajstić information content (AvgIpc) is 2.94. The van der Waals surface area contributed by atoms with Crippen LogP contribution in [0.5, 0.6) is 0 Å². The lowest BCUT2D eigenvalue weighted by Crippen LogP contribution is -2.43. The van der Waals surface area contributed by atoms with Gasteiger partial charge in [-0.1, -0.05) is 17.7 Å². The molecule has 0 radical (unpaired) electrons. The highest BCUT2D eigenvalue weighted by atomic mass is 15.2. The van der Waals surface area contributed by atoms with Gasteiger partial charge in [-0.2, -0.15) is 0 Å². The predicted octanol–water partition coefficient (Wildman–Crippen LogP) is 2.76. The molecule has 0 bridgehead atoms. The minimum absolute atomic E-state index is 0.644. The SMILES string of the molecule is Cc1ccc(N2CCC(NCCn3ccnc3C)CC2)cc1. The van der Waals surface area contributed by atoms with Crippen molar-refractivity contribution in [3.63, 3.8) is 0 Å². The Bertz CT molecular complexity index is 579. The van der Waals surface area contributed by atoms with Crippen LogP contribution in [0.4, 0.5) is 5.69 Å². The fourth-order valence-corrected chi connectivity index (χ4v) is 3.13. The van der Waals surface area contributed by atoms with Crippen LogP contribution in [0.3, 0.4) is 0 Å². The lowest BCUT2D eigenvalue weighted by Gasteiger charge is -2.34. The van der Waals surface area contributed by atoms with E-state index in [0.717, 1.165) is 32.0 Å². The Morgan fingerprint density at radius 1 is 1.14 bits per heavy atom. The molecule has 0 saturated carbocycles. The van der Waals surface area contributed by atoms with E-state index >= 15 is 0 Å². The first-order chi connectivity index (χ1) is 10.7. The Hall–Kier alpha value is -1.81. The van der Waals surface area contributed by atoms with E-state index in [1.54, 1.807) is 0 Å². The summed E-state index contributed by atoms with van der Waals surface area (Å²) in [5.74, 6) is 1.09. The van der Waals surface area contributed by atoms with Crippen molar-refractivity contribution in [2.45, 2.75) is 39.3 Å². The molecule has 4 heteroatoms. The fourth-order valence-electron chi connectivity index (χ4n) is 3.13. The molecule has 1 aromatic heterocycles. The smallest absolute Gasteiger partial charge is 0.105 e. The van der Waals surface area contributed by atoms with Gasteiger partial charge in [-0.15, -0.1) is 0 Å². The number of nitrogens with one attached hydrogen (secondary N) is 1. The number of anilines is 1. The maximum absolute atomic E-state index is 4.26. The summed E-state index contributed by atoms with van der Waals surface area (Å²) in [5.41, 5.74) is 2.69. The maximum atomic E-state index is 4.26. The van der Waals surface area contributed by atoms with Crippen molar-refractivity contribution in [2.24, 2.45) is 0 Å². The first-order valence-electron chi connectivity index (χ1n) is 8.25. The number of benzene rings is 1. The van der Waals surface area contributed by atoms with Gasteiger partial charge in [0.1, 0.15) is 5.82 Å². The number of hydrogen-bond donors (Lipinski definition) is 1. The molecule has 2 aromatic rings. The van der Waals surface area contributed by atoms with E-state index in [1.807, 2.05) is 6.20 Å².